The third-order valence-electron chi connectivity index (χ3n) is 1.60. The summed E-state index contributed by atoms with van der Waals surface area (Å²) >= 11 is 0. The second-order valence-corrected chi connectivity index (χ2v) is 2.83. The van der Waals surface area contributed by atoms with Crippen LogP contribution in [0, 0.1) is 0 Å². The number of hydrogen-bond donors (Lipinski definition) is 1. The monoisotopic (exact) mass is 173 g/mol. The Labute approximate surface area is 72.2 Å². The zero-order valence-electron chi connectivity index (χ0n) is 7.34. The number of rotatable bonds is 5. The van der Waals surface area contributed by atoms with E-state index in [9.17, 15) is 4.79 Å². The summed E-state index contributed by atoms with van der Waals surface area (Å²) in [5, 5.41) is 2.97. The van der Waals surface area contributed by atoms with Crippen molar-refractivity contribution in [2.45, 2.75) is 19.4 Å². The van der Waals surface area contributed by atoms with Crippen LogP contribution in [0.1, 0.15) is 13.3 Å². The molecule has 4 heteroatoms. The molecule has 1 rings (SSSR count). The average Bonchev–Trinajstić information content (AvgIpc) is 1.98. The molecule has 0 saturated carbocycles. The number of esters is 1. The lowest BCUT2D eigenvalue weighted by Gasteiger charge is -2.25. The fraction of sp³-hybridized carbons (Fsp3) is 0.875. The lowest BCUT2D eigenvalue weighted by atomic mass is 10.3. The molecular formula is C8H15NO3. The van der Waals surface area contributed by atoms with Gasteiger partial charge in [-0.2, -0.15) is 0 Å². The van der Waals surface area contributed by atoms with Crippen molar-refractivity contribution in [3.8, 4) is 0 Å². The summed E-state index contributed by atoms with van der Waals surface area (Å²) < 4.78 is 9.87. The molecule has 0 aromatic heterocycles. The van der Waals surface area contributed by atoms with Gasteiger partial charge < -0.3 is 14.8 Å². The third-order valence-corrected chi connectivity index (χ3v) is 1.60. The summed E-state index contributed by atoms with van der Waals surface area (Å²) in [5.41, 5.74) is 0. The zero-order valence-corrected chi connectivity index (χ0v) is 7.34. The third kappa shape index (κ3) is 3.19. The molecule has 1 aliphatic rings. The van der Waals surface area contributed by atoms with Crippen LogP contribution in [0.4, 0.5) is 0 Å². The fourth-order valence-corrected chi connectivity index (χ4v) is 0.877. The highest BCUT2D eigenvalue weighted by Crippen LogP contribution is 2.04. The highest BCUT2D eigenvalue weighted by atomic mass is 16.6. The molecule has 0 radical (unpaired) electrons. The van der Waals surface area contributed by atoms with E-state index in [-0.39, 0.29) is 12.1 Å². The first kappa shape index (κ1) is 9.48. The van der Waals surface area contributed by atoms with Crippen molar-refractivity contribution in [2.75, 3.05) is 26.3 Å². The molecule has 0 unspecified atom stereocenters. The predicted octanol–water partition coefficient (Wildman–Crippen LogP) is -0.0720. The molecule has 1 saturated heterocycles. The number of ether oxygens (including phenoxy) is 2. The maximum absolute atomic E-state index is 11.0. The fourth-order valence-electron chi connectivity index (χ4n) is 0.877. The first-order valence-electron chi connectivity index (χ1n) is 4.31. The number of nitrogens with one attached hydrogen (secondary N) is 1. The summed E-state index contributed by atoms with van der Waals surface area (Å²) in [6.07, 6.45) is 1.03. The van der Waals surface area contributed by atoms with Crippen LogP contribution in [0.25, 0.3) is 0 Å². The highest BCUT2D eigenvalue weighted by molar-refractivity contribution is 5.71. The second kappa shape index (κ2) is 5.11. The van der Waals surface area contributed by atoms with Crippen LogP contribution in [-0.4, -0.2) is 38.4 Å². The molecule has 1 heterocycles. The quantitative estimate of drug-likeness (QED) is 0.467. The van der Waals surface area contributed by atoms with Crippen LogP contribution in [0.15, 0.2) is 0 Å². The van der Waals surface area contributed by atoms with Crippen LogP contribution in [0.3, 0.4) is 0 Å². The zero-order chi connectivity index (χ0) is 8.81. The van der Waals surface area contributed by atoms with Crippen LogP contribution in [0.2, 0.25) is 0 Å². The van der Waals surface area contributed by atoms with Crippen LogP contribution in [0.5, 0.6) is 0 Å². The van der Waals surface area contributed by atoms with E-state index < -0.39 is 0 Å². The van der Waals surface area contributed by atoms with E-state index in [4.69, 9.17) is 9.47 Å². The summed E-state index contributed by atoms with van der Waals surface area (Å²) in [6.45, 7) is 4.33. The lowest BCUT2D eigenvalue weighted by molar-refractivity contribution is -0.171. The second-order valence-electron chi connectivity index (χ2n) is 2.83. The first-order valence-corrected chi connectivity index (χ1v) is 4.31. The summed E-state index contributed by atoms with van der Waals surface area (Å²) in [4.78, 5) is 11.0. The Morgan fingerprint density at radius 2 is 2.42 bits per heavy atom. The Kier molecular flexibility index (Phi) is 4.04. The normalized spacial score (nSPS) is 17.1. The van der Waals surface area contributed by atoms with Gasteiger partial charge in [-0.1, -0.05) is 6.92 Å². The van der Waals surface area contributed by atoms with E-state index in [1.165, 1.54) is 0 Å². The largest absolute Gasteiger partial charge is 0.456 e. The Morgan fingerprint density at radius 1 is 1.67 bits per heavy atom. The molecule has 1 N–H and O–H groups in total. The minimum atomic E-state index is -0.184. The van der Waals surface area contributed by atoms with Crippen LogP contribution in [-0.2, 0) is 14.3 Å². The minimum absolute atomic E-state index is 0.000858. The van der Waals surface area contributed by atoms with Crippen molar-refractivity contribution in [3.63, 3.8) is 0 Å². The van der Waals surface area contributed by atoms with Gasteiger partial charge in [-0.15, -0.1) is 0 Å². The maximum Gasteiger partial charge on any atom is 0.320 e. The number of carbonyl (C=O) groups is 1. The molecule has 0 spiro atoms. The van der Waals surface area contributed by atoms with E-state index in [1.807, 2.05) is 0 Å². The predicted molar refractivity (Wildman–Crippen MR) is 43.9 cm³/mol. The van der Waals surface area contributed by atoms with Gasteiger partial charge in [0.25, 0.3) is 0 Å². The molecule has 12 heavy (non-hydrogen) atoms. The first-order chi connectivity index (χ1) is 5.83. The molecule has 1 aliphatic heterocycles. The van der Waals surface area contributed by atoms with Gasteiger partial charge in [0.15, 0.2) is 0 Å². The lowest BCUT2D eigenvalue weighted by Crippen LogP contribution is -2.40. The highest BCUT2D eigenvalue weighted by Gasteiger charge is 2.21. The van der Waals surface area contributed by atoms with Gasteiger partial charge in [-0.25, -0.2) is 0 Å². The van der Waals surface area contributed by atoms with Crippen molar-refractivity contribution in [1.82, 2.24) is 5.32 Å². The molecular weight excluding hydrogens is 158 g/mol. The standard InChI is InChI=1S/C8H15NO3/c1-2-3-9-4-8(10)12-7-5-11-6-7/h7,9H,2-6H2,1H3. The van der Waals surface area contributed by atoms with E-state index >= 15 is 0 Å². The summed E-state index contributed by atoms with van der Waals surface area (Å²) in [7, 11) is 0. The molecule has 4 nitrogen and oxygen atoms in total. The van der Waals surface area contributed by atoms with Gasteiger partial charge in [0.05, 0.1) is 19.8 Å². The molecule has 0 amide bonds. The van der Waals surface area contributed by atoms with Gasteiger partial charge in [0, 0.05) is 0 Å². The van der Waals surface area contributed by atoms with Crippen molar-refractivity contribution in [3.05, 3.63) is 0 Å². The molecule has 0 bridgehead atoms. The Bertz CT molecular complexity index is 145. The average molecular weight is 173 g/mol. The van der Waals surface area contributed by atoms with Crippen molar-refractivity contribution >= 4 is 5.97 Å². The smallest absolute Gasteiger partial charge is 0.320 e. The van der Waals surface area contributed by atoms with Gasteiger partial charge in [0.2, 0.25) is 0 Å². The van der Waals surface area contributed by atoms with E-state index in [2.05, 4.69) is 12.2 Å². The molecule has 1 fully saturated rings. The molecule has 0 aromatic rings. The maximum atomic E-state index is 11.0. The number of hydrogen-bond acceptors (Lipinski definition) is 4. The van der Waals surface area contributed by atoms with E-state index in [1.54, 1.807) is 0 Å². The van der Waals surface area contributed by atoms with Gasteiger partial charge in [-0.05, 0) is 13.0 Å². The number of carbonyl (C=O) groups excluding carboxylic acids is 1. The Hall–Kier alpha value is -0.610. The van der Waals surface area contributed by atoms with Crippen molar-refractivity contribution < 1.29 is 14.3 Å². The molecule has 0 aliphatic carbocycles. The Morgan fingerprint density at radius 3 is 2.92 bits per heavy atom. The molecule has 0 atom stereocenters. The van der Waals surface area contributed by atoms with Crippen LogP contribution >= 0.6 is 0 Å². The SMILES string of the molecule is CCCNCC(=O)OC1COC1. The summed E-state index contributed by atoms with van der Waals surface area (Å²) in [6, 6.07) is 0. The topological polar surface area (TPSA) is 47.6 Å². The van der Waals surface area contributed by atoms with Gasteiger partial charge in [0.1, 0.15) is 6.10 Å². The van der Waals surface area contributed by atoms with Crippen LogP contribution < -0.4 is 5.32 Å². The minimum Gasteiger partial charge on any atom is -0.456 e. The van der Waals surface area contributed by atoms with E-state index in [0.717, 1.165) is 13.0 Å². The van der Waals surface area contributed by atoms with Crippen molar-refractivity contribution in [1.29, 1.82) is 0 Å². The van der Waals surface area contributed by atoms with E-state index in [0.29, 0.717) is 19.8 Å². The molecule has 70 valence electrons. The Balaban J connectivity index is 1.95. The summed E-state index contributed by atoms with van der Waals surface area (Å²) in [5.74, 6) is -0.184. The van der Waals surface area contributed by atoms with Gasteiger partial charge in [-0.3, -0.25) is 4.79 Å². The molecule has 0 aromatic carbocycles. The van der Waals surface area contributed by atoms with Gasteiger partial charge >= 0.3 is 5.97 Å². The van der Waals surface area contributed by atoms with Crippen molar-refractivity contribution in [2.24, 2.45) is 0 Å².